The van der Waals surface area contributed by atoms with Crippen molar-refractivity contribution in [2.45, 2.75) is 0 Å². The van der Waals surface area contributed by atoms with Crippen molar-refractivity contribution in [3.05, 3.63) is 58.1 Å². The van der Waals surface area contributed by atoms with Gasteiger partial charge in [0.05, 0.1) is 16.9 Å². The van der Waals surface area contributed by atoms with Crippen LogP contribution in [0.1, 0.15) is 5.56 Å². The first-order valence-electron chi connectivity index (χ1n) is 7.39. The van der Waals surface area contributed by atoms with Gasteiger partial charge in [0.25, 0.3) is 0 Å². The summed E-state index contributed by atoms with van der Waals surface area (Å²) in [5.41, 5.74) is 2.87. The van der Waals surface area contributed by atoms with Crippen LogP contribution in [0, 0.1) is 0 Å². The molecule has 0 radical (unpaired) electrons. The smallest absolute Gasteiger partial charge is 0.341 e. The molecule has 2 amide bonds. The topological polar surface area (TPSA) is 117 Å². The van der Waals surface area contributed by atoms with Crippen LogP contribution in [0.2, 0.25) is 10.0 Å². The number of carboxylic acids is 1. The second kappa shape index (κ2) is 9.56. The Bertz CT molecular complexity index is 885. The Hall–Kier alpha value is -3.10. The zero-order valence-electron chi connectivity index (χ0n) is 13.6. The molecule has 0 unspecified atom stereocenters. The van der Waals surface area contributed by atoms with E-state index in [9.17, 15) is 14.4 Å². The van der Waals surface area contributed by atoms with Gasteiger partial charge in [-0.05, 0) is 48.0 Å². The number of nitrogens with one attached hydrogen (secondary N) is 2. The van der Waals surface area contributed by atoms with Crippen molar-refractivity contribution in [3.63, 3.8) is 0 Å². The fourth-order valence-corrected chi connectivity index (χ4v) is 2.12. The summed E-state index contributed by atoms with van der Waals surface area (Å²) < 4.78 is 4.98. The average molecular weight is 410 g/mol. The van der Waals surface area contributed by atoms with Crippen molar-refractivity contribution >= 4 is 52.9 Å². The molecule has 3 N–H and O–H groups in total. The van der Waals surface area contributed by atoms with Crippen molar-refractivity contribution in [2.75, 3.05) is 11.9 Å². The van der Waals surface area contributed by atoms with E-state index in [0.717, 1.165) is 0 Å². The van der Waals surface area contributed by atoms with Crippen LogP contribution in [0.15, 0.2) is 47.6 Å². The lowest BCUT2D eigenvalue weighted by Crippen LogP contribution is -2.32. The number of carboxylic acid groups (broad SMARTS) is 1. The Morgan fingerprint density at radius 1 is 1.07 bits per heavy atom. The molecule has 8 nitrogen and oxygen atoms in total. The van der Waals surface area contributed by atoms with E-state index in [2.05, 4.69) is 15.8 Å². The molecule has 2 aromatic rings. The fourth-order valence-electron chi connectivity index (χ4n) is 1.78. The molecule has 2 aromatic carbocycles. The minimum atomic E-state index is -1.08. The summed E-state index contributed by atoms with van der Waals surface area (Å²) in [6, 6.07) is 10.7. The SMILES string of the molecule is O=C(O)COc1ccc(C=NNC(=O)C(=O)Nc2cc(Cl)ccc2Cl)cc1. The summed E-state index contributed by atoms with van der Waals surface area (Å²) in [7, 11) is 0. The number of amides is 2. The number of hydrogen-bond donors (Lipinski definition) is 3. The highest BCUT2D eigenvalue weighted by atomic mass is 35.5. The number of halogens is 2. The normalized spacial score (nSPS) is 10.4. The predicted octanol–water partition coefficient (Wildman–Crippen LogP) is 2.55. The van der Waals surface area contributed by atoms with Gasteiger partial charge in [-0.1, -0.05) is 23.2 Å². The molecule has 10 heteroatoms. The predicted molar refractivity (Wildman–Crippen MR) is 100 cm³/mol. The number of ether oxygens (including phenoxy) is 1. The molecule has 0 atom stereocenters. The highest BCUT2D eigenvalue weighted by Crippen LogP contribution is 2.25. The van der Waals surface area contributed by atoms with Crippen LogP contribution >= 0.6 is 23.2 Å². The maximum atomic E-state index is 11.8. The Morgan fingerprint density at radius 2 is 1.78 bits per heavy atom. The first-order chi connectivity index (χ1) is 12.8. The van der Waals surface area contributed by atoms with E-state index in [1.807, 2.05) is 0 Å². The van der Waals surface area contributed by atoms with Crippen molar-refractivity contribution in [2.24, 2.45) is 5.10 Å². The number of carbonyl (C=O) groups is 3. The lowest BCUT2D eigenvalue weighted by molar-refractivity contribution is -0.139. The van der Waals surface area contributed by atoms with E-state index in [1.165, 1.54) is 18.3 Å². The first kappa shape index (κ1) is 20.2. The van der Waals surface area contributed by atoms with E-state index in [0.29, 0.717) is 16.3 Å². The maximum Gasteiger partial charge on any atom is 0.341 e. The third-order valence-corrected chi connectivity index (χ3v) is 3.57. The number of aliphatic carboxylic acids is 1. The summed E-state index contributed by atoms with van der Waals surface area (Å²) in [5, 5.41) is 15.1. The number of benzene rings is 2. The quantitative estimate of drug-likeness (QED) is 0.385. The summed E-state index contributed by atoms with van der Waals surface area (Å²) in [6.45, 7) is -0.449. The number of hydrazone groups is 1. The van der Waals surface area contributed by atoms with Crippen molar-refractivity contribution in [3.8, 4) is 5.75 Å². The maximum absolute atomic E-state index is 11.8. The Morgan fingerprint density at radius 3 is 2.44 bits per heavy atom. The summed E-state index contributed by atoms with van der Waals surface area (Å²) in [5.74, 6) is -2.67. The third-order valence-electron chi connectivity index (χ3n) is 3.00. The Balaban J connectivity index is 1.87. The minimum absolute atomic E-state index is 0.199. The molecular formula is C17H13Cl2N3O5. The van der Waals surface area contributed by atoms with Gasteiger partial charge in [-0.3, -0.25) is 9.59 Å². The number of nitrogens with zero attached hydrogens (tertiary/aromatic N) is 1. The number of anilines is 1. The summed E-state index contributed by atoms with van der Waals surface area (Å²) >= 11 is 11.7. The number of hydrogen-bond acceptors (Lipinski definition) is 5. The van der Waals surface area contributed by atoms with Gasteiger partial charge in [0.1, 0.15) is 5.75 Å². The lowest BCUT2D eigenvalue weighted by atomic mass is 10.2. The zero-order chi connectivity index (χ0) is 19.8. The third kappa shape index (κ3) is 6.61. The molecule has 140 valence electrons. The highest BCUT2D eigenvalue weighted by Gasteiger charge is 2.14. The van der Waals surface area contributed by atoms with Crippen LogP contribution in [0.4, 0.5) is 5.69 Å². The van der Waals surface area contributed by atoms with Gasteiger partial charge >= 0.3 is 17.8 Å². The molecular weight excluding hydrogens is 397 g/mol. The average Bonchev–Trinajstić information content (AvgIpc) is 2.63. The van der Waals surface area contributed by atoms with Gasteiger partial charge < -0.3 is 15.2 Å². The molecule has 0 spiro atoms. The summed E-state index contributed by atoms with van der Waals surface area (Å²) in [6.07, 6.45) is 1.30. The van der Waals surface area contributed by atoms with Gasteiger partial charge in [-0.15, -0.1) is 0 Å². The monoisotopic (exact) mass is 409 g/mol. The number of carbonyl (C=O) groups excluding carboxylic acids is 2. The molecule has 0 aromatic heterocycles. The standard InChI is InChI=1S/C17H13Cl2N3O5/c18-11-3-6-13(19)14(7-11)21-16(25)17(26)22-20-8-10-1-4-12(5-2-10)27-9-15(23)24/h1-8H,9H2,(H,21,25)(H,22,26)(H,23,24). The van der Waals surface area contributed by atoms with Crippen LogP contribution in [0.5, 0.6) is 5.75 Å². The van der Waals surface area contributed by atoms with E-state index in [-0.39, 0.29) is 10.7 Å². The van der Waals surface area contributed by atoms with Crippen LogP contribution in [0.3, 0.4) is 0 Å². The molecule has 0 saturated heterocycles. The van der Waals surface area contributed by atoms with E-state index in [4.69, 9.17) is 33.0 Å². The zero-order valence-corrected chi connectivity index (χ0v) is 15.1. The van der Waals surface area contributed by atoms with Gasteiger partial charge in [-0.25, -0.2) is 10.2 Å². The molecule has 0 fully saturated rings. The van der Waals surface area contributed by atoms with Gasteiger partial charge in [-0.2, -0.15) is 5.10 Å². The summed E-state index contributed by atoms with van der Waals surface area (Å²) in [4.78, 5) is 34.0. The lowest BCUT2D eigenvalue weighted by Gasteiger charge is -2.06. The van der Waals surface area contributed by atoms with E-state index in [1.54, 1.807) is 30.3 Å². The molecule has 0 bridgehead atoms. The molecule has 0 heterocycles. The van der Waals surface area contributed by atoms with Crippen LogP contribution in [-0.4, -0.2) is 35.7 Å². The fraction of sp³-hybridized carbons (Fsp3) is 0.0588. The minimum Gasteiger partial charge on any atom is -0.482 e. The van der Waals surface area contributed by atoms with Gasteiger partial charge in [0.2, 0.25) is 0 Å². The highest BCUT2D eigenvalue weighted by molar-refractivity contribution is 6.42. The number of rotatable bonds is 6. The second-order valence-electron chi connectivity index (χ2n) is 5.03. The van der Waals surface area contributed by atoms with Gasteiger partial charge in [0.15, 0.2) is 6.61 Å². The molecule has 27 heavy (non-hydrogen) atoms. The Kier molecular flexibility index (Phi) is 7.16. The second-order valence-corrected chi connectivity index (χ2v) is 5.87. The molecule has 0 aliphatic rings. The molecule has 2 rings (SSSR count). The van der Waals surface area contributed by atoms with Crippen LogP contribution in [-0.2, 0) is 14.4 Å². The first-order valence-corrected chi connectivity index (χ1v) is 8.15. The van der Waals surface area contributed by atoms with Crippen molar-refractivity contribution < 1.29 is 24.2 Å². The Labute approximate surface area is 163 Å². The van der Waals surface area contributed by atoms with Crippen molar-refractivity contribution in [1.29, 1.82) is 0 Å². The van der Waals surface area contributed by atoms with Crippen LogP contribution in [0.25, 0.3) is 0 Å². The molecule has 0 aliphatic carbocycles. The van der Waals surface area contributed by atoms with E-state index < -0.39 is 24.4 Å². The molecule has 0 saturated carbocycles. The molecule has 0 aliphatic heterocycles. The largest absolute Gasteiger partial charge is 0.482 e. The van der Waals surface area contributed by atoms with E-state index >= 15 is 0 Å². The van der Waals surface area contributed by atoms with Crippen molar-refractivity contribution in [1.82, 2.24) is 5.43 Å². The van der Waals surface area contributed by atoms with Crippen LogP contribution < -0.4 is 15.5 Å². The van der Waals surface area contributed by atoms with Gasteiger partial charge in [0, 0.05) is 5.02 Å².